The summed E-state index contributed by atoms with van der Waals surface area (Å²) in [6.07, 6.45) is 0. The van der Waals surface area contributed by atoms with Gasteiger partial charge in [-0.15, -0.1) is 0 Å². The predicted octanol–water partition coefficient (Wildman–Crippen LogP) is 2.72. The van der Waals surface area contributed by atoms with Crippen LogP contribution in [0.2, 0.25) is 0 Å². The number of para-hydroxylation sites is 1. The van der Waals surface area contributed by atoms with E-state index in [1.54, 1.807) is 36.4 Å². The van der Waals surface area contributed by atoms with Gasteiger partial charge in [-0.2, -0.15) is 0 Å². The van der Waals surface area contributed by atoms with Gasteiger partial charge < -0.3 is 15.4 Å². The van der Waals surface area contributed by atoms with E-state index in [-0.39, 0.29) is 18.4 Å². The van der Waals surface area contributed by atoms with Crippen molar-refractivity contribution in [3.63, 3.8) is 0 Å². The molecule has 0 heterocycles. The average Bonchev–Trinajstić information content (AvgIpc) is 2.65. The van der Waals surface area contributed by atoms with Crippen molar-refractivity contribution < 1.29 is 19.1 Å². The van der Waals surface area contributed by atoms with Crippen molar-refractivity contribution in [1.82, 2.24) is 5.32 Å². The standard InChI is InChI=1S/C20H22N2O4/c1-14(2)16-10-6-7-11-17(16)22-18(23)13-26-19(24)12-21-20(25)15-8-4-3-5-9-15/h3-11,14H,12-13H2,1-2H3,(H,21,25)(H,22,23). The number of carbonyl (C=O) groups excluding carboxylic acids is 3. The van der Waals surface area contributed by atoms with E-state index in [0.29, 0.717) is 11.3 Å². The number of benzene rings is 2. The maximum Gasteiger partial charge on any atom is 0.325 e. The minimum atomic E-state index is -0.679. The molecule has 2 amide bonds. The fraction of sp³-hybridized carbons (Fsp3) is 0.250. The lowest BCUT2D eigenvalue weighted by Gasteiger charge is -2.13. The summed E-state index contributed by atoms with van der Waals surface area (Å²) < 4.78 is 4.90. The van der Waals surface area contributed by atoms with Crippen LogP contribution in [0.25, 0.3) is 0 Å². The van der Waals surface area contributed by atoms with E-state index in [1.807, 2.05) is 32.0 Å². The van der Waals surface area contributed by atoms with E-state index in [4.69, 9.17) is 4.74 Å². The highest BCUT2D eigenvalue weighted by Crippen LogP contribution is 2.23. The van der Waals surface area contributed by atoms with Crippen molar-refractivity contribution in [2.45, 2.75) is 19.8 Å². The van der Waals surface area contributed by atoms with Crippen LogP contribution in [0.4, 0.5) is 5.69 Å². The highest BCUT2D eigenvalue weighted by Gasteiger charge is 2.12. The van der Waals surface area contributed by atoms with Gasteiger partial charge in [-0.1, -0.05) is 50.2 Å². The Hall–Kier alpha value is -3.15. The molecular formula is C20H22N2O4. The molecule has 2 aromatic carbocycles. The van der Waals surface area contributed by atoms with Crippen molar-refractivity contribution in [2.24, 2.45) is 0 Å². The monoisotopic (exact) mass is 354 g/mol. The lowest BCUT2D eigenvalue weighted by molar-refractivity contribution is -0.146. The van der Waals surface area contributed by atoms with Gasteiger partial charge in [-0.3, -0.25) is 14.4 Å². The molecule has 0 saturated heterocycles. The molecule has 0 aliphatic carbocycles. The van der Waals surface area contributed by atoms with Gasteiger partial charge in [-0.05, 0) is 29.7 Å². The SMILES string of the molecule is CC(C)c1ccccc1NC(=O)COC(=O)CNC(=O)c1ccccc1. The molecule has 0 unspecified atom stereocenters. The average molecular weight is 354 g/mol. The number of ether oxygens (including phenoxy) is 1. The van der Waals surface area contributed by atoms with Gasteiger partial charge in [0.1, 0.15) is 6.54 Å². The number of rotatable bonds is 7. The van der Waals surface area contributed by atoms with Crippen LogP contribution in [0.1, 0.15) is 35.7 Å². The molecule has 0 bridgehead atoms. The van der Waals surface area contributed by atoms with E-state index in [2.05, 4.69) is 10.6 Å². The summed E-state index contributed by atoms with van der Waals surface area (Å²) in [6, 6.07) is 16.0. The fourth-order valence-electron chi connectivity index (χ4n) is 2.34. The highest BCUT2D eigenvalue weighted by atomic mass is 16.5. The maximum atomic E-state index is 12.0. The zero-order chi connectivity index (χ0) is 18.9. The Morgan fingerprint density at radius 1 is 0.962 bits per heavy atom. The number of hydrogen-bond donors (Lipinski definition) is 2. The van der Waals surface area contributed by atoms with Crippen molar-refractivity contribution >= 4 is 23.5 Å². The van der Waals surface area contributed by atoms with Crippen LogP contribution < -0.4 is 10.6 Å². The molecule has 136 valence electrons. The van der Waals surface area contributed by atoms with E-state index >= 15 is 0 Å². The van der Waals surface area contributed by atoms with E-state index in [9.17, 15) is 14.4 Å². The molecule has 6 nitrogen and oxygen atoms in total. The Labute approximate surface area is 152 Å². The van der Waals surface area contributed by atoms with Gasteiger partial charge >= 0.3 is 5.97 Å². The minimum absolute atomic E-state index is 0.252. The normalized spacial score (nSPS) is 10.3. The number of amides is 2. The van der Waals surface area contributed by atoms with Crippen molar-refractivity contribution in [2.75, 3.05) is 18.5 Å². The zero-order valence-corrected chi connectivity index (χ0v) is 14.8. The third kappa shape index (κ3) is 5.73. The second-order valence-electron chi connectivity index (χ2n) is 6.00. The van der Waals surface area contributed by atoms with Crippen LogP contribution >= 0.6 is 0 Å². The third-order valence-electron chi connectivity index (χ3n) is 3.65. The molecule has 0 radical (unpaired) electrons. The summed E-state index contributed by atoms with van der Waals surface area (Å²) in [6.45, 7) is 3.34. The van der Waals surface area contributed by atoms with E-state index in [0.717, 1.165) is 5.56 Å². The summed E-state index contributed by atoms with van der Waals surface area (Å²) in [7, 11) is 0. The molecule has 26 heavy (non-hydrogen) atoms. The van der Waals surface area contributed by atoms with Crippen LogP contribution in [0.5, 0.6) is 0 Å². The third-order valence-corrected chi connectivity index (χ3v) is 3.65. The number of hydrogen-bond acceptors (Lipinski definition) is 4. The number of nitrogens with one attached hydrogen (secondary N) is 2. The molecule has 2 N–H and O–H groups in total. The van der Waals surface area contributed by atoms with Crippen LogP contribution in [0.3, 0.4) is 0 Å². The summed E-state index contributed by atoms with van der Waals surface area (Å²) >= 11 is 0. The zero-order valence-electron chi connectivity index (χ0n) is 14.8. The van der Waals surface area contributed by atoms with E-state index < -0.39 is 18.5 Å². The first kappa shape index (κ1) is 19.2. The minimum Gasteiger partial charge on any atom is -0.454 e. The van der Waals surface area contributed by atoms with Gasteiger partial charge in [0.25, 0.3) is 11.8 Å². The first-order valence-corrected chi connectivity index (χ1v) is 8.35. The molecule has 0 atom stereocenters. The van der Waals surface area contributed by atoms with Gasteiger partial charge in [0.15, 0.2) is 6.61 Å². The smallest absolute Gasteiger partial charge is 0.325 e. The molecule has 0 aliphatic rings. The molecule has 2 aromatic rings. The Morgan fingerprint density at radius 2 is 1.62 bits per heavy atom. The Morgan fingerprint density at radius 3 is 2.31 bits per heavy atom. The second kappa shape index (κ2) is 9.36. The lowest BCUT2D eigenvalue weighted by atomic mass is 10.0. The molecule has 0 aliphatic heterocycles. The lowest BCUT2D eigenvalue weighted by Crippen LogP contribution is -2.32. The number of carbonyl (C=O) groups is 3. The predicted molar refractivity (Wildman–Crippen MR) is 98.9 cm³/mol. The number of anilines is 1. The summed E-state index contributed by atoms with van der Waals surface area (Å²) in [5.41, 5.74) is 2.14. The van der Waals surface area contributed by atoms with Crippen molar-refractivity contribution in [3.05, 3.63) is 65.7 Å². The summed E-state index contributed by atoms with van der Waals surface area (Å²) in [5, 5.41) is 5.19. The first-order valence-electron chi connectivity index (χ1n) is 8.35. The molecular weight excluding hydrogens is 332 g/mol. The Balaban J connectivity index is 1.77. The van der Waals surface area contributed by atoms with Gasteiger partial charge in [0.05, 0.1) is 0 Å². The van der Waals surface area contributed by atoms with Crippen LogP contribution in [0, 0.1) is 0 Å². The Bertz CT molecular complexity index is 772. The van der Waals surface area contributed by atoms with Crippen LogP contribution in [-0.2, 0) is 14.3 Å². The van der Waals surface area contributed by atoms with E-state index in [1.165, 1.54) is 0 Å². The molecule has 0 aromatic heterocycles. The van der Waals surface area contributed by atoms with Gasteiger partial charge in [-0.25, -0.2) is 0 Å². The quantitative estimate of drug-likeness (QED) is 0.749. The Kier molecular flexibility index (Phi) is 6.91. The molecule has 0 saturated carbocycles. The first-order chi connectivity index (χ1) is 12.5. The maximum absolute atomic E-state index is 12.0. The summed E-state index contributed by atoms with van der Waals surface area (Å²) in [4.78, 5) is 35.5. The second-order valence-corrected chi connectivity index (χ2v) is 6.00. The van der Waals surface area contributed by atoms with Crippen molar-refractivity contribution in [3.8, 4) is 0 Å². The molecule has 0 fully saturated rings. The highest BCUT2D eigenvalue weighted by molar-refractivity contribution is 5.96. The summed E-state index contributed by atoms with van der Waals surface area (Å²) in [5.74, 6) is -1.23. The van der Waals surface area contributed by atoms with Crippen molar-refractivity contribution in [1.29, 1.82) is 0 Å². The largest absolute Gasteiger partial charge is 0.454 e. The molecule has 0 spiro atoms. The van der Waals surface area contributed by atoms with Gasteiger partial charge in [0.2, 0.25) is 0 Å². The van der Waals surface area contributed by atoms with Gasteiger partial charge in [0, 0.05) is 11.3 Å². The van der Waals surface area contributed by atoms with Crippen LogP contribution in [0.15, 0.2) is 54.6 Å². The van der Waals surface area contributed by atoms with Crippen LogP contribution in [-0.4, -0.2) is 30.9 Å². The molecule has 2 rings (SSSR count). The fourth-order valence-corrected chi connectivity index (χ4v) is 2.34. The number of esters is 1. The topological polar surface area (TPSA) is 84.5 Å². The molecule has 6 heteroatoms.